The molecule has 0 aromatic heterocycles. The maximum atomic E-state index is 7.14. The molecule has 0 radical (unpaired) electrons. The number of hydrogen-bond donors (Lipinski definition) is 1. The first-order chi connectivity index (χ1) is 1.00. The summed E-state index contributed by atoms with van der Waals surface area (Å²) in [5.74, 6) is 0. The molecule has 0 aliphatic heterocycles. The van der Waals surface area contributed by atoms with Crippen molar-refractivity contribution in [1.29, 1.82) is 0 Å². The van der Waals surface area contributed by atoms with Gasteiger partial charge < -0.3 is 6.22 Å². The molecule has 0 fully saturated rings. The molecule has 0 saturated carbocycles. The maximum Gasteiger partial charge on any atom is 1.00 e. The van der Waals surface area contributed by atoms with Gasteiger partial charge in [0.1, 0.15) is 10.5 Å². The predicted octanol–water partition coefficient (Wildman–Crippen LogP) is -3.35. The monoisotopic (exact) mass is 88.1 g/mol. The molecule has 0 aromatic carbocycles. The zero-order valence-corrected chi connectivity index (χ0v) is 4.45. The van der Waals surface area contributed by atoms with Crippen molar-refractivity contribution < 1.29 is 25.1 Å². The molecular weight excluding hydrogens is 75.0 g/mol. The van der Waals surface area contributed by atoms with Crippen LogP contribution in [0.25, 0.3) is 0 Å². The fourth-order valence-corrected chi connectivity index (χ4v) is 0. The van der Waals surface area contributed by atoms with Crippen molar-refractivity contribution in [3.8, 4) is 0 Å². The predicted molar refractivity (Wildman–Crippen MR) is 26.7 cm³/mol. The average molecular weight is 88.2 g/mol. The van der Waals surface area contributed by atoms with Crippen LogP contribution in [0.1, 0.15) is 16.3 Å². The summed E-state index contributed by atoms with van der Waals surface area (Å²) in [5.41, 5.74) is 0. The van der Waals surface area contributed by atoms with Crippen LogP contribution in [0.4, 0.5) is 0 Å². The van der Waals surface area contributed by atoms with Gasteiger partial charge in [-0.25, -0.2) is 0 Å². The third-order valence-electron chi connectivity index (χ3n) is 0. The fraction of sp³-hybridized carbons (Fsp3) is 1.00. The summed E-state index contributed by atoms with van der Waals surface area (Å²) in [6.45, 7) is 0. The smallest absolute Gasteiger partial charge is 1.00 e. The van der Waals surface area contributed by atoms with E-state index in [1.54, 1.807) is 0 Å². The topological polar surface area (TPSA) is 20.2 Å². The molecule has 0 atom stereocenters. The normalized spacial score (nSPS) is 1.80. The van der Waals surface area contributed by atoms with Gasteiger partial charge in [0.05, 0.1) is 0 Å². The van der Waals surface area contributed by atoms with Crippen LogP contribution in [0, 0.1) is 0 Å². The van der Waals surface area contributed by atoms with Crippen LogP contribution < -0.4 is 18.9 Å². The van der Waals surface area contributed by atoms with E-state index in [0.717, 1.165) is 0 Å². The summed E-state index contributed by atoms with van der Waals surface area (Å²) in [4.78, 5) is 7.14. The SMILES string of the molecule is C.C.O[SiH3].[H-].[Li+]. The van der Waals surface area contributed by atoms with E-state index in [4.69, 9.17) is 4.80 Å². The van der Waals surface area contributed by atoms with Crippen molar-refractivity contribution in [2.24, 2.45) is 0 Å². The number of hydrogen-bond acceptors (Lipinski definition) is 1. The fourth-order valence-electron chi connectivity index (χ4n) is 0. The minimum atomic E-state index is 0. The average Bonchev–Trinajstić information content (AvgIpc) is 1.00. The summed E-state index contributed by atoms with van der Waals surface area (Å²) in [6, 6.07) is 0. The van der Waals surface area contributed by atoms with Crippen molar-refractivity contribution in [3.63, 3.8) is 0 Å². The molecule has 0 amide bonds. The van der Waals surface area contributed by atoms with E-state index in [2.05, 4.69) is 0 Å². The molecule has 1 nitrogen and oxygen atoms in total. The van der Waals surface area contributed by atoms with Crippen LogP contribution in [0.5, 0.6) is 0 Å². The van der Waals surface area contributed by atoms with Gasteiger partial charge in [-0.3, -0.25) is 0 Å². The molecule has 3 heteroatoms. The largest absolute Gasteiger partial charge is 1.00 e. The molecule has 0 aromatic rings. The van der Waals surface area contributed by atoms with E-state index in [1.165, 1.54) is 0 Å². The van der Waals surface area contributed by atoms with Gasteiger partial charge in [0.25, 0.3) is 0 Å². The molecule has 0 heterocycles. The van der Waals surface area contributed by atoms with E-state index < -0.39 is 0 Å². The first-order valence-electron chi connectivity index (χ1n) is 0.447. The third kappa shape index (κ3) is 61.3. The van der Waals surface area contributed by atoms with E-state index in [-0.39, 0.29) is 35.1 Å². The van der Waals surface area contributed by atoms with Gasteiger partial charge >= 0.3 is 18.9 Å². The van der Waals surface area contributed by atoms with E-state index >= 15 is 0 Å². The molecule has 0 unspecified atom stereocenters. The third-order valence-corrected chi connectivity index (χ3v) is 0. The molecule has 32 valence electrons. The van der Waals surface area contributed by atoms with Crippen molar-refractivity contribution in [2.75, 3.05) is 0 Å². The summed E-state index contributed by atoms with van der Waals surface area (Å²) < 4.78 is 0. The molecule has 5 heavy (non-hydrogen) atoms. The van der Waals surface area contributed by atoms with Gasteiger partial charge in [-0.1, -0.05) is 14.9 Å². The number of rotatable bonds is 0. The Bertz CT molecular complexity index is 13.5. The van der Waals surface area contributed by atoms with Gasteiger partial charge in [-0.05, 0) is 0 Å². The van der Waals surface area contributed by atoms with Crippen LogP contribution in [-0.4, -0.2) is 15.3 Å². The second-order valence-corrected chi connectivity index (χ2v) is 0. The van der Waals surface area contributed by atoms with Crippen molar-refractivity contribution in [3.05, 3.63) is 0 Å². The van der Waals surface area contributed by atoms with Gasteiger partial charge in [-0.15, -0.1) is 0 Å². The Labute approximate surface area is 51.0 Å². The Hall–Kier alpha value is 0.774. The van der Waals surface area contributed by atoms with Gasteiger partial charge in [0.15, 0.2) is 0 Å². The standard InChI is InChI=1S/2CH4.Li.H4OSi.H/c;;;1-2;/h2*1H4;;1H,2H3;/q;;+1;;-1. The van der Waals surface area contributed by atoms with Crippen LogP contribution in [-0.2, 0) is 0 Å². The Kier molecular flexibility index (Phi) is 949. The molecule has 0 saturated heterocycles. The molecule has 0 aliphatic rings. The van der Waals surface area contributed by atoms with Crippen molar-refractivity contribution >= 4 is 10.5 Å². The minimum Gasteiger partial charge on any atom is -1.00 e. The Morgan fingerprint density at radius 2 is 1.20 bits per heavy atom. The van der Waals surface area contributed by atoms with E-state index in [1.807, 2.05) is 0 Å². The van der Waals surface area contributed by atoms with Crippen LogP contribution in [0.2, 0.25) is 0 Å². The van der Waals surface area contributed by atoms with Crippen LogP contribution >= 0.6 is 0 Å². The van der Waals surface area contributed by atoms with Crippen molar-refractivity contribution in [2.45, 2.75) is 14.9 Å². The van der Waals surface area contributed by atoms with E-state index in [9.17, 15) is 0 Å². The summed E-state index contributed by atoms with van der Waals surface area (Å²) in [5, 5.41) is 0. The summed E-state index contributed by atoms with van der Waals surface area (Å²) >= 11 is 0. The Morgan fingerprint density at radius 1 is 1.20 bits per heavy atom. The molecule has 0 bridgehead atoms. The second kappa shape index (κ2) is 113. The molecule has 0 rings (SSSR count). The zero-order chi connectivity index (χ0) is 2.00. The quantitative estimate of drug-likeness (QED) is 0.307. The Morgan fingerprint density at radius 3 is 1.20 bits per heavy atom. The summed E-state index contributed by atoms with van der Waals surface area (Å²) in [7, 11) is 0.306. The van der Waals surface area contributed by atoms with Crippen LogP contribution in [0.3, 0.4) is 0 Å². The molecule has 0 aliphatic carbocycles. The maximum absolute atomic E-state index is 7.14. The molecular formula is C2H13LiOSi. The van der Waals surface area contributed by atoms with Gasteiger partial charge in [0.2, 0.25) is 0 Å². The molecule has 0 spiro atoms. The first kappa shape index (κ1) is 41.8. The first-order valence-corrected chi connectivity index (χ1v) is 1.34. The van der Waals surface area contributed by atoms with Crippen molar-refractivity contribution in [1.82, 2.24) is 0 Å². The van der Waals surface area contributed by atoms with E-state index in [0.29, 0.717) is 10.5 Å². The zero-order valence-electron chi connectivity index (χ0n) is 3.45. The van der Waals surface area contributed by atoms with Gasteiger partial charge in [0, 0.05) is 0 Å². The Balaban J connectivity index is -0.000000000833. The van der Waals surface area contributed by atoms with Gasteiger partial charge in [-0.2, -0.15) is 0 Å². The van der Waals surface area contributed by atoms with Crippen LogP contribution in [0.15, 0.2) is 0 Å². The second-order valence-electron chi connectivity index (χ2n) is 0. The minimum absolute atomic E-state index is 0. The summed E-state index contributed by atoms with van der Waals surface area (Å²) in [6.07, 6.45) is 0. The molecule has 1 N–H and O–H groups in total.